The second-order valence-electron chi connectivity index (χ2n) is 3.26. The largest absolute Gasteiger partial charge is 0.443 e. The Morgan fingerprint density at radius 3 is 3.29 bits per heavy atom. The van der Waals surface area contributed by atoms with Crippen molar-refractivity contribution >= 4 is 0 Å². The Morgan fingerprint density at radius 2 is 2.50 bits per heavy atom. The van der Waals surface area contributed by atoms with Crippen LogP contribution in [0.1, 0.15) is 5.69 Å². The molecule has 0 atom stereocenters. The molecule has 0 radical (unpaired) electrons. The zero-order chi connectivity index (χ0) is 9.38. The highest BCUT2D eigenvalue weighted by molar-refractivity contribution is 5.47. The van der Waals surface area contributed by atoms with Gasteiger partial charge in [0, 0.05) is 13.1 Å². The lowest BCUT2D eigenvalue weighted by molar-refractivity contribution is 0.475. The second-order valence-corrected chi connectivity index (χ2v) is 3.26. The highest BCUT2D eigenvalue weighted by Gasteiger charge is 2.14. The lowest BCUT2D eigenvalue weighted by Crippen LogP contribution is -2.28. The Bertz CT molecular complexity index is 408. The third-order valence-corrected chi connectivity index (χ3v) is 2.32. The van der Waals surface area contributed by atoms with E-state index >= 15 is 0 Å². The molecule has 0 spiro atoms. The average Bonchev–Trinajstić information content (AvgIpc) is 2.86. The smallest absolute Gasteiger partial charge is 0.246 e. The highest BCUT2D eigenvalue weighted by atomic mass is 16.3. The molecule has 5 heteroatoms. The van der Waals surface area contributed by atoms with Crippen molar-refractivity contribution in [2.45, 2.75) is 13.1 Å². The first kappa shape index (κ1) is 7.75. The average molecular weight is 190 g/mol. The van der Waals surface area contributed by atoms with E-state index in [-0.39, 0.29) is 0 Å². The quantitative estimate of drug-likeness (QED) is 0.717. The Hall–Kier alpha value is -1.62. The molecular formula is C9H10N4O. The SMILES string of the molecule is c1coc(-c2cc3n(n2)CCNC3)n1. The molecule has 0 fully saturated rings. The van der Waals surface area contributed by atoms with Crippen molar-refractivity contribution in [1.29, 1.82) is 0 Å². The molecule has 0 unspecified atom stereocenters. The molecule has 1 aliphatic rings. The molecule has 14 heavy (non-hydrogen) atoms. The summed E-state index contributed by atoms with van der Waals surface area (Å²) in [5.41, 5.74) is 2.00. The van der Waals surface area contributed by atoms with Crippen molar-refractivity contribution in [3.8, 4) is 11.6 Å². The van der Waals surface area contributed by atoms with Crippen LogP contribution in [-0.2, 0) is 13.1 Å². The van der Waals surface area contributed by atoms with Gasteiger partial charge in [-0.05, 0) is 6.07 Å². The van der Waals surface area contributed by atoms with E-state index in [1.165, 1.54) is 5.69 Å². The van der Waals surface area contributed by atoms with Gasteiger partial charge in [0.05, 0.1) is 18.4 Å². The number of rotatable bonds is 1. The van der Waals surface area contributed by atoms with Crippen LogP contribution in [0.25, 0.3) is 11.6 Å². The summed E-state index contributed by atoms with van der Waals surface area (Å²) in [6, 6.07) is 2.01. The summed E-state index contributed by atoms with van der Waals surface area (Å²) < 4.78 is 7.19. The Balaban J connectivity index is 2.04. The van der Waals surface area contributed by atoms with Gasteiger partial charge in [-0.1, -0.05) is 0 Å². The summed E-state index contributed by atoms with van der Waals surface area (Å²) in [6.45, 7) is 2.75. The predicted molar refractivity (Wildman–Crippen MR) is 49.4 cm³/mol. The fraction of sp³-hybridized carbons (Fsp3) is 0.333. The van der Waals surface area contributed by atoms with E-state index in [4.69, 9.17) is 4.42 Å². The number of fused-ring (bicyclic) bond motifs is 1. The van der Waals surface area contributed by atoms with Gasteiger partial charge in [0.1, 0.15) is 12.0 Å². The van der Waals surface area contributed by atoms with Crippen molar-refractivity contribution in [3.05, 3.63) is 24.2 Å². The first-order valence-corrected chi connectivity index (χ1v) is 4.61. The van der Waals surface area contributed by atoms with Crippen LogP contribution < -0.4 is 5.32 Å². The van der Waals surface area contributed by atoms with Gasteiger partial charge in [-0.3, -0.25) is 4.68 Å². The van der Waals surface area contributed by atoms with E-state index in [9.17, 15) is 0 Å². The maximum Gasteiger partial charge on any atom is 0.246 e. The van der Waals surface area contributed by atoms with Crippen LogP contribution in [0.4, 0.5) is 0 Å². The van der Waals surface area contributed by atoms with E-state index in [1.54, 1.807) is 12.5 Å². The number of oxazole rings is 1. The molecule has 0 saturated heterocycles. The molecule has 0 amide bonds. The van der Waals surface area contributed by atoms with Crippen LogP contribution in [0.2, 0.25) is 0 Å². The van der Waals surface area contributed by atoms with Crippen LogP contribution in [-0.4, -0.2) is 21.3 Å². The highest BCUT2D eigenvalue weighted by Crippen LogP contribution is 2.17. The van der Waals surface area contributed by atoms with Gasteiger partial charge in [0.25, 0.3) is 0 Å². The fourth-order valence-corrected chi connectivity index (χ4v) is 1.65. The summed E-state index contributed by atoms with van der Waals surface area (Å²) in [4.78, 5) is 4.07. The third-order valence-electron chi connectivity index (χ3n) is 2.32. The summed E-state index contributed by atoms with van der Waals surface area (Å²) >= 11 is 0. The van der Waals surface area contributed by atoms with Crippen molar-refractivity contribution in [2.24, 2.45) is 0 Å². The summed E-state index contributed by atoms with van der Waals surface area (Å²) in [5.74, 6) is 0.590. The zero-order valence-electron chi connectivity index (χ0n) is 7.60. The van der Waals surface area contributed by atoms with Gasteiger partial charge in [-0.2, -0.15) is 5.10 Å². The van der Waals surface area contributed by atoms with Crippen LogP contribution in [0, 0.1) is 0 Å². The predicted octanol–water partition coefficient (Wildman–Crippen LogP) is 0.641. The van der Waals surface area contributed by atoms with Crippen molar-refractivity contribution in [3.63, 3.8) is 0 Å². The van der Waals surface area contributed by atoms with Gasteiger partial charge in [-0.25, -0.2) is 4.98 Å². The number of aromatic nitrogens is 3. The van der Waals surface area contributed by atoms with Crippen LogP contribution in [0.15, 0.2) is 22.9 Å². The summed E-state index contributed by atoms with van der Waals surface area (Å²) in [6.07, 6.45) is 3.19. The maximum atomic E-state index is 5.19. The number of hydrogen-bond donors (Lipinski definition) is 1. The van der Waals surface area contributed by atoms with Crippen LogP contribution in [0.5, 0.6) is 0 Å². The van der Waals surface area contributed by atoms with E-state index in [1.807, 2.05) is 10.7 Å². The molecule has 72 valence electrons. The normalized spacial score (nSPS) is 15.4. The lowest BCUT2D eigenvalue weighted by atomic mass is 10.3. The lowest BCUT2D eigenvalue weighted by Gasteiger charge is -2.13. The maximum absolute atomic E-state index is 5.19. The summed E-state index contributed by atoms with van der Waals surface area (Å²) in [5, 5.41) is 7.70. The molecule has 1 N–H and O–H groups in total. The minimum atomic E-state index is 0.590. The van der Waals surface area contributed by atoms with Crippen molar-refractivity contribution in [1.82, 2.24) is 20.1 Å². The number of nitrogens with zero attached hydrogens (tertiary/aromatic N) is 3. The molecule has 3 heterocycles. The zero-order valence-corrected chi connectivity index (χ0v) is 7.60. The van der Waals surface area contributed by atoms with E-state index < -0.39 is 0 Å². The van der Waals surface area contributed by atoms with E-state index in [2.05, 4.69) is 15.4 Å². The molecule has 0 saturated carbocycles. The molecular weight excluding hydrogens is 180 g/mol. The monoisotopic (exact) mass is 190 g/mol. The molecule has 1 aliphatic heterocycles. The molecule has 0 bridgehead atoms. The minimum absolute atomic E-state index is 0.590. The molecule has 0 aromatic carbocycles. The van der Waals surface area contributed by atoms with Crippen molar-refractivity contribution < 1.29 is 4.42 Å². The summed E-state index contributed by atoms with van der Waals surface area (Å²) in [7, 11) is 0. The first-order valence-electron chi connectivity index (χ1n) is 4.61. The van der Waals surface area contributed by atoms with E-state index in [0.717, 1.165) is 25.3 Å². The number of nitrogens with one attached hydrogen (secondary N) is 1. The van der Waals surface area contributed by atoms with Gasteiger partial charge < -0.3 is 9.73 Å². The van der Waals surface area contributed by atoms with Gasteiger partial charge >= 0.3 is 0 Å². The Kier molecular flexibility index (Phi) is 1.63. The topological polar surface area (TPSA) is 55.9 Å². The molecule has 0 aliphatic carbocycles. The molecule has 2 aromatic rings. The Morgan fingerprint density at radius 1 is 1.50 bits per heavy atom. The van der Waals surface area contributed by atoms with Crippen LogP contribution >= 0.6 is 0 Å². The fourth-order valence-electron chi connectivity index (χ4n) is 1.65. The standard InChI is InChI=1S/C9H10N4O/c1-3-13-7(6-10-1)5-8(12-13)9-11-2-4-14-9/h2,4-5,10H,1,3,6H2. The Labute approximate surface area is 80.7 Å². The van der Waals surface area contributed by atoms with Gasteiger partial charge in [0.2, 0.25) is 5.89 Å². The van der Waals surface area contributed by atoms with Crippen LogP contribution in [0.3, 0.4) is 0 Å². The minimum Gasteiger partial charge on any atom is -0.443 e. The van der Waals surface area contributed by atoms with Gasteiger partial charge in [-0.15, -0.1) is 0 Å². The molecule has 3 rings (SSSR count). The van der Waals surface area contributed by atoms with E-state index in [0.29, 0.717) is 5.89 Å². The molecule has 2 aromatic heterocycles. The second kappa shape index (κ2) is 2.95. The molecule has 5 nitrogen and oxygen atoms in total. The first-order chi connectivity index (χ1) is 6.93. The van der Waals surface area contributed by atoms with Crippen molar-refractivity contribution in [2.75, 3.05) is 6.54 Å². The number of hydrogen-bond acceptors (Lipinski definition) is 4. The third kappa shape index (κ3) is 1.13. The van der Waals surface area contributed by atoms with Gasteiger partial charge in [0.15, 0.2) is 0 Å².